The maximum absolute atomic E-state index is 5.99. The Morgan fingerprint density at radius 3 is 2.71 bits per heavy atom. The van der Waals surface area contributed by atoms with Gasteiger partial charge in [0.05, 0.1) is 0 Å². The minimum absolute atomic E-state index is 0.406. The van der Waals surface area contributed by atoms with E-state index in [1.54, 1.807) is 6.07 Å². The lowest BCUT2D eigenvalue weighted by Gasteiger charge is -2.07. The van der Waals surface area contributed by atoms with Gasteiger partial charge in [-0.3, -0.25) is 0 Å². The molecule has 0 amide bonds. The maximum atomic E-state index is 5.99. The van der Waals surface area contributed by atoms with Crippen molar-refractivity contribution in [2.24, 2.45) is 0 Å². The molecule has 2 N–H and O–H groups in total. The summed E-state index contributed by atoms with van der Waals surface area (Å²) in [5.41, 5.74) is 10.3. The van der Waals surface area contributed by atoms with Gasteiger partial charge >= 0.3 is 0 Å². The molecule has 0 atom stereocenters. The summed E-state index contributed by atoms with van der Waals surface area (Å²) in [7, 11) is 0. The van der Waals surface area contributed by atoms with E-state index < -0.39 is 0 Å². The number of halogens is 1. The van der Waals surface area contributed by atoms with Crippen LogP contribution in [0.1, 0.15) is 11.1 Å². The zero-order valence-corrected chi connectivity index (χ0v) is 16.0. The second-order valence-electron chi connectivity index (χ2n) is 6.39. The highest BCUT2D eigenvalue weighted by molar-refractivity contribution is 6.30. The Labute approximate surface area is 167 Å². The van der Waals surface area contributed by atoms with Gasteiger partial charge in [0.1, 0.15) is 12.4 Å². The molecule has 0 saturated heterocycles. The largest absolute Gasteiger partial charge is 0.489 e. The van der Waals surface area contributed by atoms with Crippen molar-refractivity contribution < 1.29 is 9.26 Å². The number of hydrogen-bond donors (Lipinski definition) is 1. The van der Waals surface area contributed by atoms with E-state index in [-0.39, 0.29) is 0 Å². The van der Waals surface area contributed by atoms with Crippen molar-refractivity contribution >= 4 is 17.3 Å². The second-order valence-corrected chi connectivity index (χ2v) is 6.83. The molecule has 5 nitrogen and oxygen atoms in total. The van der Waals surface area contributed by atoms with Gasteiger partial charge in [-0.2, -0.15) is 4.98 Å². The predicted molar refractivity (Wildman–Crippen MR) is 110 cm³/mol. The zero-order chi connectivity index (χ0) is 19.5. The first-order chi connectivity index (χ1) is 13.6. The normalized spacial score (nSPS) is 10.8. The van der Waals surface area contributed by atoms with Crippen molar-refractivity contribution in [2.45, 2.75) is 13.5 Å². The SMILES string of the molecule is Cc1c(N)cccc1-c1noc(-c2cccc(COc3cccc(Cl)c3)c2)n1. The smallest absolute Gasteiger partial charge is 0.258 e. The molecule has 6 heteroatoms. The molecule has 1 heterocycles. The predicted octanol–water partition coefficient (Wildman–Crippen LogP) is 5.53. The van der Waals surface area contributed by atoms with Crippen molar-refractivity contribution in [1.82, 2.24) is 10.1 Å². The van der Waals surface area contributed by atoms with Crippen LogP contribution in [0.4, 0.5) is 5.69 Å². The average Bonchev–Trinajstić information content (AvgIpc) is 3.19. The quantitative estimate of drug-likeness (QED) is 0.453. The van der Waals surface area contributed by atoms with Crippen molar-refractivity contribution in [3.05, 3.63) is 82.9 Å². The summed E-state index contributed by atoms with van der Waals surface area (Å²) in [6, 6.07) is 20.8. The first kappa shape index (κ1) is 18.1. The topological polar surface area (TPSA) is 74.2 Å². The molecule has 4 aromatic rings. The molecule has 0 aliphatic rings. The van der Waals surface area contributed by atoms with E-state index in [4.69, 9.17) is 26.6 Å². The Bertz CT molecular complexity index is 1120. The maximum Gasteiger partial charge on any atom is 0.258 e. The van der Waals surface area contributed by atoms with Crippen LogP contribution < -0.4 is 10.5 Å². The molecule has 0 saturated carbocycles. The third-order valence-corrected chi connectivity index (χ3v) is 4.65. The first-order valence-electron chi connectivity index (χ1n) is 8.77. The Balaban J connectivity index is 1.55. The molecule has 0 bridgehead atoms. The summed E-state index contributed by atoms with van der Waals surface area (Å²) in [6.45, 7) is 2.35. The van der Waals surface area contributed by atoms with Crippen LogP contribution in [0.3, 0.4) is 0 Å². The molecule has 0 spiro atoms. The monoisotopic (exact) mass is 391 g/mol. The average molecular weight is 392 g/mol. The third-order valence-electron chi connectivity index (χ3n) is 4.42. The lowest BCUT2D eigenvalue weighted by Crippen LogP contribution is -1.95. The third kappa shape index (κ3) is 3.85. The van der Waals surface area contributed by atoms with E-state index >= 15 is 0 Å². The van der Waals surface area contributed by atoms with Crippen LogP contribution in [-0.2, 0) is 6.61 Å². The Hall–Kier alpha value is -3.31. The van der Waals surface area contributed by atoms with Gasteiger partial charge in [0.2, 0.25) is 5.82 Å². The molecule has 0 aliphatic carbocycles. The number of benzene rings is 3. The van der Waals surface area contributed by atoms with Crippen LogP contribution in [-0.4, -0.2) is 10.1 Å². The molecule has 1 aromatic heterocycles. The van der Waals surface area contributed by atoms with Gasteiger partial charge in [0, 0.05) is 21.8 Å². The van der Waals surface area contributed by atoms with Crippen molar-refractivity contribution in [1.29, 1.82) is 0 Å². The van der Waals surface area contributed by atoms with Crippen molar-refractivity contribution in [3.8, 4) is 28.6 Å². The lowest BCUT2D eigenvalue weighted by molar-refractivity contribution is 0.306. The summed E-state index contributed by atoms with van der Waals surface area (Å²) in [4.78, 5) is 4.53. The molecule has 28 heavy (non-hydrogen) atoms. The Morgan fingerprint density at radius 2 is 1.86 bits per heavy atom. The van der Waals surface area contributed by atoms with E-state index in [1.165, 1.54) is 0 Å². The van der Waals surface area contributed by atoms with E-state index in [1.807, 2.05) is 67.6 Å². The van der Waals surface area contributed by atoms with Gasteiger partial charge in [0.15, 0.2) is 0 Å². The molecule has 4 rings (SSSR count). The van der Waals surface area contributed by atoms with E-state index in [9.17, 15) is 0 Å². The Kier molecular flexibility index (Phi) is 5.00. The minimum atomic E-state index is 0.406. The number of aromatic nitrogens is 2. The Morgan fingerprint density at radius 1 is 1.04 bits per heavy atom. The highest BCUT2D eigenvalue weighted by atomic mass is 35.5. The van der Waals surface area contributed by atoms with Crippen molar-refractivity contribution in [2.75, 3.05) is 5.73 Å². The zero-order valence-electron chi connectivity index (χ0n) is 15.2. The summed E-state index contributed by atoms with van der Waals surface area (Å²) >= 11 is 5.99. The fraction of sp³-hybridized carbons (Fsp3) is 0.0909. The highest BCUT2D eigenvalue weighted by Crippen LogP contribution is 2.27. The number of nitrogens with zero attached hydrogens (tertiary/aromatic N) is 2. The molecule has 3 aromatic carbocycles. The van der Waals surface area contributed by atoms with Crippen LogP contribution in [0, 0.1) is 6.92 Å². The second kappa shape index (κ2) is 7.74. The number of anilines is 1. The summed E-state index contributed by atoms with van der Waals surface area (Å²) < 4.78 is 11.3. The molecule has 140 valence electrons. The summed E-state index contributed by atoms with van der Waals surface area (Å²) in [5, 5.41) is 4.75. The number of nitrogens with two attached hydrogens (primary N) is 1. The van der Waals surface area contributed by atoms with E-state index in [0.29, 0.717) is 29.0 Å². The van der Waals surface area contributed by atoms with Gasteiger partial charge in [-0.15, -0.1) is 0 Å². The number of ether oxygens (including phenoxy) is 1. The van der Waals surface area contributed by atoms with Gasteiger partial charge in [-0.25, -0.2) is 0 Å². The van der Waals surface area contributed by atoms with Crippen LogP contribution >= 0.6 is 11.6 Å². The fourth-order valence-corrected chi connectivity index (χ4v) is 3.04. The summed E-state index contributed by atoms with van der Waals surface area (Å²) in [5.74, 6) is 1.68. The molecular formula is C22H18ClN3O2. The van der Waals surface area contributed by atoms with Crippen LogP contribution in [0.2, 0.25) is 5.02 Å². The van der Waals surface area contributed by atoms with Gasteiger partial charge in [-0.05, 0) is 54.4 Å². The van der Waals surface area contributed by atoms with Gasteiger partial charge in [-0.1, -0.05) is 47.1 Å². The molecule has 0 radical (unpaired) electrons. The number of rotatable bonds is 5. The summed E-state index contributed by atoms with van der Waals surface area (Å²) in [6.07, 6.45) is 0. The van der Waals surface area contributed by atoms with Crippen LogP contribution in [0.15, 0.2) is 71.3 Å². The number of hydrogen-bond acceptors (Lipinski definition) is 5. The van der Waals surface area contributed by atoms with E-state index in [2.05, 4.69) is 10.1 Å². The van der Waals surface area contributed by atoms with Crippen molar-refractivity contribution in [3.63, 3.8) is 0 Å². The lowest BCUT2D eigenvalue weighted by atomic mass is 10.1. The molecular weight excluding hydrogens is 374 g/mol. The standard InChI is InChI=1S/C22H18ClN3O2/c1-14-19(9-4-10-20(14)24)21-25-22(28-26-21)16-6-2-5-15(11-16)13-27-18-8-3-7-17(23)12-18/h2-12H,13,24H2,1H3. The molecule has 0 fully saturated rings. The number of nitrogen functional groups attached to an aromatic ring is 1. The minimum Gasteiger partial charge on any atom is -0.489 e. The van der Waals surface area contributed by atoms with Gasteiger partial charge in [0.25, 0.3) is 5.89 Å². The highest BCUT2D eigenvalue weighted by Gasteiger charge is 2.13. The molecule has 0 unspecified atom stereocenters. The molecule has 0 aliphatic heterocycles. The van der Waals surface area contributed by atoms with Crippen LogP contribution in [0.5, 0.6) is 5.75 Å². The van der Waals surface area contributed by atoms with E-state index in [0.717, 1.165) is 28.0 Å². The first-order valence-corrected chi connectivity index (χ1v) is 9.15. The van der Waals surface area contributed by atoms with Crippen LogP contribution in [0.25, 0.3) is 22.8 Å². The van der Waals surface area contributed by atoms with Gasteiger partial charge < -0.3 is 15.0 Å². The fourth-order valence-electron chi connectivity index (χ4n) is 2.86.